The summed E-state index contributed by atoms with van der Waals surface area (Å²) in [5, 5.41) is 3.27. The SMILES string of the molecule is COC(CNc1nc(C(C)C)nc(N(C)C)n1)c1ccccc1. The van der Waals surface area contributed by atoms with E-state index < -0.39 is 0 Å². The summed E-state index contributed by atoms with van der Waals surface area (Å²) in [6.45, 7) is 4.73. The van der Waals surface area contributed by atoms with Gasteiger partial charge in [-0.3, -0.25) is 0 Å². The van der Waals surface area contributed by atoms with Crippen molar-refractivity contribution in [2.24, 2.45) is 0 Å². The second-order valence-corrected chi connectivity index (χ2v) is 5.88. The fourth-order valence-electron chi connectivity index (χ4n) is 2.11. The van der Waals surface area contributed by atoms with Crippen LogP contribution >= 0.6 is 0 Å². The predicted molar refractivity (Wildman–Crippen MR) is 92.9 cm³/mol. The third kappa shape index (κ3) is 4.63. The first-order valence-corrected chi connectivity index (χ1v) is 7.76. The first-order chi connectivity index (χ1) is 11.0. The first-order valence-electron chi connectivity index (χ1n) is 7.76. The van der Waals surface area contributed by atoms with E-state index >= 15 is 0 Å². The molecular formula is C17H25N5O. The lowest BCUT2D eigenvalue weighted by Crippen LogP contribution is -2.20. The van der Waals surface area contributed by atoms with Gasteiger partial charge in [-0.15, -0.1) is 0 Å². The van der Waals surface area contributed by atoms with Gasteiger partial charge in [-0.1, -0.05) is 44.2 Å². The molecule has 0 aliphatic rings. The summed E-state index contributed by atoms with van der Waals surface area (Å²) in [6.07, 6.45) is -0.0572. The highest BCUT2D eigenvalue weighted by Crippen LogP contribution is 2.18. The van der Waals surface area contributed by atoms with Crippen molar-refractivity contribution in [3.05, 3.63) is 41.7 Å². The minimum absolute atomic E-state index is 0.0572. The van der Waals surface area contributed by atoms with E-state index in [1.54, 1.807) is 7.11 Å². The summed E-state index contributed by atoms with van der Waals surface area (Å²) in [4.78, 5) is 15.3. The van der Waals surface area contributed by atoms with Crippen LogP contribution in [0, 0.1) is 0 Å². The topological polar surface area (TPSA) is 63.2 Å². The van der Waals surface area contributed by atoms with Gasteiger partial charge < -0.3 is 15.0 Å². The van der Waals surface area contributed by atoms with Crippen molar-refractivity contribution in [3.63, 3.8) is 0 Å². The Bertz CT molecular complexity index is 589. The molecule has 2 aromatic rings. The highest BCUT2D eigenvalue weighted by molar-refractivity contribution is 5.36. The quantitative estimate of drug-likeness (QED) is 0.847. The molecule has 0 saturated carbocycles. The van der Waals surface area contributed by atoms with Gasteiger partial charge in [0.15, 0.2) is 0 Å². The van der Waals surface area contributed by atoms with Crippen LogP contribution in [-0.4, -0.2) is 42.7 Å². The van der Waals surface area contributed by atoms with Crippen LogP contribution in [0.4, 0.5) is 11.9 Å². The molecule has 1 N–H and O–H groups in total. The van der Waals surface area contributed by atoms with Crippen molar-refractivity contribution in [3.8, 4) is 0 Å². The highest BCUT2D eigenvalue weighted by Gasteiger charge is 2.14. The number of hydrogen-bond donors (Lipinski definition) is 1. The van der Waals surface area contributed by atoms with E-state index in [0.29, 0.717) is 18.4 Å². The Balaban J connectivity index is 2.15. The van der Waals surface area contributed by atoms with Gasteiger partial charge in [0.1, 0.15) is 5.82 Å². The zero-order chi connectivity index (χ0) is 16.8. The van der Waals surface area contributed by atoms with E-state index in [2.05, 4.69) is 34.1 Å². The number of nitrogens with one attached hydrogen (secondary N) is 1. The molecule has 23 heavy (non-hydrogen) atoms. The van der Waals surface area contributed by atoms with Crippen molar-refractivity contribution in [1.82, 2.24) is 15.0 Å². The van der Waals surface area contributed by atoms with Gasteiger partial charge in [0.05, 0.1) is 6.10 Å². The number of aromatic nitrogens is 3. The number of hydrogen-bond acceptors (Lipinski definition) is 6. The van der Waals surface area contributed by atoms with Gasteiger partial charge >= 0.3 is 0 Å². The lowest BCUT2D eigenvalue weighted by atomic mass is 10.1. The molecular weight excluding hydrogens is 290 g/mol. The Morgan fingerprint density at radius 2 is 1.78 bits per heavy atom. The molecule has 1 heterocycles. The Labute approximate surface area is 137 Å². The first kappa shape index (κ1) is 17.1. The molecule has 1 aromatic heterocycles. The number of benzene rings is 1. The lowest BCUT2D eigenvalue weighted by molar-refractivity contribution is 0.114. The predicted octanol–water partition coefficient (Wildman–Crippen LogP) is 2.86. The van der Waals surface area contributed by atoms with Crippen molar-refractivity contribution >= 4 is 11.9 Å². The summed E-state index contributed by atoms with van der Waals surface area (Å²) < 4.78 is 5.57. The molecule has 0 fully saturated rings. The standard InChI is InChI=1S/C17H25N5O/c1-12(2)15-19-16(21-17(20-15)22(3)4)18-11-14(23-5)13-9-7-6-8-10-13/h6-10,12,14H,11H2,1-5H3,(H,18,19,20,21). The van der Waals surface area contributed by atoms with Crippen LogP contribution in [0.3, 0.4) is 0 Å². The number of rotatable bonds is 7. The average molecular weight is 315 g/mol. The maximum absolute atomic E-state index is 5.57. The van der Waals surface area contributed by atoms with E-state index in [1.807, 2.05) is 49.3 Å². The monoisotopic (exact) mass is 315 g/mol. The van der Waals surface area contributed by atoms with E-state index in [1.165, 1.54) is 0 Å². The molecule has 1 aromatic carbocycles. The zero-order valence-electron chi connectivity index (χ0n) is 14.4. The molecule has 6 heteroatoms. The summed E-state index contributed by atoms with van der Waals surface area (Å²) in [5.74, 6) is 2.25. The van der Waals surface area contributed by atoms with Gasteiger partial charge in [0.2, 0.25) is 11.9 Å². The molecule has 0 amide bonds. The van der Waals surface area contributed by atoms with Crippen molar-refractivity contribution < 1.29 is 4.74 Å². The molecule has 0 bridgehead atoms. The second kappa shape index (κ2) is 7.87. The number of nitrogens with zero attached hydrogens (tertiary/aromatic N) is 4. The van der Waals surface area contributed by atoms with Gasteiger partial charge in [-0.05, 0) is 5.56 Å². The molecule has 0 spiro atoms. The third-order valence-electron chi connectivity index (χ3n) is 3.46. The highest BCUT2D eigenvalue weighted by atomic mass is 16.5. The molecule has 0 aliphatic carbocycles. The largest absolute Gasteiger partial charge is 0.375 e. The molecule has 1 atom stereocenters. The fraction of sp³-hybridized carbons (Fsp3) is 0.471. The molecule has 0 saturated heterocycles. The summed E-state index contributed by atoms with van der Waals surface area (Å²) in [6, 6.07) is 10.1. The Hall–Kier alpha value is -2.21. The zero-order valence-corrected chi connectivity index (χ0v) is 14.4. The Kier molecular flexibility index (Phi) is 5.87. The van der Waals surface area contributed by atoms with Gasteiger partial charge in [0.25, 0.3) is 0 Å². The van der Waals surface area contributed by atoms with Crippen LogP contribution in [0.2, 0.25) is 0 Å². The van der Waals surface area contributed by atoms with Crippen LogP contribution < -0.4 is 10.2 Å². The second-order valence-electron chi connectivity index (χ2n) is 5.88. The summed E-state index contributed by atoms with van der Waals surface area (Å²) in [5.41, 5.74) is 1.12. The normalized spacial score (nSPS) is 12.3. The average Bonchev–Trinajstić information content (AvgIpc) is 2.56. The van der Waals surface area contributed by atoms with Crippen molar-refractivity contribution in [2.45, 2.75) is 25.9 Å². The molecule has 124 valence electrons. The van der Waals surface area contributed by atoms with Crippen LogP contribution in [-0.2, 0) is 4.74 Å². The van der Waals surface area contributed by atoms with E-state index in [9.17, 15) is 0 Å². The number of anilines is 2. The maximum atomic E-state index is 5.57. The van der Waals surface area contributed by atoms with Crippen molar-refractivity contribution in [2.75, 3.05) is 38.0 Å². The number of ether oxygens (including phenoxy) is 1. The van der Waals surface area contributed by atoms with Crippen LogP contribution in [0.25, 0.3) is 0 Å². The number of methoxy groups -OCH3 is 1. The lowest BCUT2D eigenvalue weighted by Gasteiger charge is -2.18. The van der Waals surface area contributed by atoms with Crippen molar-refractivity contribution in [1.29, 1.82) is 0 Å². The summed E-state index contributed by atoms with van der Waals surface area (Å²) in [7, 11) is 5.55. The Morgan fingerprint density at radius 3 is 2.35 bits per heavy atom. The van der Waals surface area contributed by atoms with E-state index in [0.717, 1.165) is 11.4 Å². The third-order valence-corrected chi connectivity index (χ3v) is 3.46. The molecule has 0 radical (unpaired) electrons. The minimum Gasteiger partial charge on any atom is -0.375 e. The van der Waals surface area contributed by atoms with Crippen LogP contribution in [0.1, 0.15) is 37.3 Å². The molecule has 0 aliphatic heterocycles. The minimum atomic E-state index is -0.0572. The van der Waals surface area contributed by atoms with Crippen LogP contribution in [0.15, 0.2) is 30.3 Å². The van der Waals surface area contributed by atoms with Gasteiger partial charge in [-0.25, -0.2) is 0 Å². The molecule has 2 rings (SSSR count). The van der Waals surface area contributed by atoms with Gasteiger partial charge in [-0.2, -0.15) is 15.0 Å². The van der Waals surface area contributed by atoms with E-state index in [4.69, 9.17) is 4.74 Å². The summed E-state index contributed by atoms with van der Waals surface area (Å²) >= 11 is 0. The van der Waals surface area contributed by atoms with Gasteiger partial charge in [0, 0.05) is 33.7 Å². The smallest absolute Gasteiger partial charge is 0.229 e. The molecule has 1 unspecified atom stereocenters. The van der Waals surface area contributed by atoms with E-state index in [-0.39, 0.29) is 12.0 Å². The Morgan fingerprint density at radius 1 is 1.09 bits per heavy atom. The maximum Gasteiger partial charge on any atom is 0.229 e. The van der Waals surface area contributed by atoms with Crippen LogP contribution in [0.5, 0.6) is 0 Å². The molecule has 6 nitrogen and oxygen atoms in total. The fourth-order valence-corrected chi connectivity index (χ4v) is 2.11.